The van der Waals surface area contributed by atoms with Crippen LogP contribution in [0.4, 0.5) is 14.6 Å². The monoisotopic (exact) mass is 507 g/mol. The van der Waals surface area contributed by atoms with Gasteiger partial charge in [-0.05, 0) is 20.5 Å². The van der Waals surface area contributed by atoms with Gasteiger partial charge < -0.3 is 19.3 Å². The topological polar surface area (TPSA) is 81.4 Å². The molecule has 0 unspecified atom stereocenters. The van der Waals surface area contributed by atoms with Gasteiger partial charge in [0.1, 0.15) is 11.3 Å². The van der Waals surface area contributed by atoms with Crippen LogP contribution < -0.4 is 9.64 Å². The largest absolute Gasteiger partial charge is 0.474 e. The number of pyridine rings is 1. The summed E-state index contributed by atoms with van der Waals surface area (Å²) < 4.78 is 41.4. The average molecular weight is 508 g/mol. The van der Waals surface area contributed by atoms with Gasteiger partial charge in [0.15, 0.2) is 11.6 Å². The molecule has 1 atom stereocenters. The molecule has 188 valence electrons. The minimum absolute atomic E-state index is 0.0743. The summed E-state index contributed by atoms with van der Waals surface area (Å²) in [5.41, 5.74) is 0.617. The SMILES string of the molecule is COC1CC(Oc2cc(-n3nc(N4CC[C@H](N(C)C)C4)c4cnc(Cl)cc43)nc(C(C)(F)F)n2)C1. The lowest BCUT2D eigenvalue weighted by Crippen LogP contribution is -2.39. The van der Waals surface area contributed by atoms with Crippen LogP contribution >= 0.6 is 11.6 Å². The van der Waals surface area contributed by atoms with E-state index in [4.69, 9.17) is 26.2 Å². The number of fused-ring (bicyclic) bond motifs is 1. The standard InChI is InChI=1S/C23H28ClF2N7O2/c1-23(25,26)22-28-19(10-20(29-22)35-15-7-14(8-15)34-4)33-17-9-18(24)27-11-16(17)21(30-33)32-6-5-13(12-32)31(2)3/h9-11,13-15H,5-8,12H2,1-4H3/t13-,14?,15?/m0/s1. The molecule has 4 heterocycles. The predicted molar refractivity (Wildman–Crippen MR) is 128 cm³/mol. The molecule has 3 aromatic rings. The molecular formula is C23H28ClF2N7O2. The number of rotatable bonds is 7. The summed E-state index contributed by atoms with van der Waals surface area (Å²) in [4.78, 5) is 16.8. The van der Waals surface area contributed by atoms with Gasteiger partial charge in [-0.3, -0.25) is 0 Å². The van der Waals surface area contributed by atoms with Gasteiger partial charge in [-0.2, -0.15) is 13.8 Å². The van der Waals surface area contributed by atoms with E-state index in [0.717, 1.165) is 31.8 Å². The van der Waals surface area contributed by atoms with Crippen molar-refractivity contribution in [1.82, 2.24) is 29.6 Å². The Morgan fingerprint density at radius 2 is 1.94 bits per heavy atom. The molecule has 9 nitrogen and oxygen atoms in total. The summed E-state index contributed by atoms with van der Waals surface area (Å²) in [5, 5.41) is 5.83. The number of hydrogen-bond acceptors (Lipinski definition) is 8. The molecule has 0 amide bonds. The van der Waals surface area contributed by atoms with Crippen molar-refractivity contribution in [3.8, 4) is 11.7 Å². The zero-order chi connectivity index (χ0) is 24.9. The highest BCUT2D eigenvalue weighted by molar-refractivity contribution is 6.30. The molecule has 3 aromatic heterocycles. The first-order valence-electron chi connectivity index (χ1n) is 11.5. The Bertz CT molecular complexity index is 1230. The van der Waals surface area contributed by atoms with E-state index >= 15 is 0 Å². The summed E-state index contributed by atoms with van der Waals surface area (Å²) in [6.07, 6.45) is 3.94. The lowest BCUT2D eigenvalue weighted by atomic mass is 9.92. The van der Waals surface area contributed by atoms with Gasteiger partial charge in [-0.25, -0.2) is 14.6 Å². The average Bonchev–Trinajstić information content (AvgIpc) is 3.40. The highest BCUT2D eigenvalue weighted by atomic mass is 35.5. The van der Waals surface area contributed by atoms with Gasteiger partial charge in [0.2, 0.25) is 11.7 Å². The molecule has 1 aliphatic carbocycles. The molecule has 12 heteroatoms. The minimum atomic E-state index is -3.26. The fraction of sp³-hybridized carbons (Fsp3) is 0.565. The Morgan fingerprint density at radius 3 is 2.60 bits per heavy atom. The zero-order valence-electron chi connectivity index (χ0n) is 20.1. The number of nitrogens with zero attached hydrogens (tertiary/aromatic N) is 7. The third-order valence-corrected chi connectivity index (χ3v) is 6.88. The van der Waals surface area contributed by atoms with Crippen LogP contribution in [-0.4, -0.2) is 82.2 Å². The summed E-state index contributed by atoms with van der Waals surface area (Å²) in [6, 6.07) is 3.58. The van der Waals surface area contributed by atoms with Crippen LogP contribution in [0.1, 0.15) is 32.0 Å². The molecule has 2 aliphatic rings. The number of ether oxygens (including phenoxy) is 2. The van der Waals surface area contributed by atoms with Crippen LogP contribution in [0.5, 0.6) is 5.88 Å². The Balaban J connectivity index is 1.57. The van der Waals surface area contributed by atoms with Crippen LogP contribution in [0, 0.1) is 0 Å². The van der Waals surface area contributed by atoms with Gasteiger partial charge in [-0.15, -0.1) is 5.10 Å². The molecule has 1 saturated heterocycles. The maximum absolute atomic E-state index is 14.4. The molecule has 0 aromatic carbocycles. The summed E-state index contributed by atoms with van der Waals surface area (Å²) in [6.45, 7) is 2.37. The lowest BCUT2D eigenvalue weighted by molar-refractivity contribution is -0.0409. The number of aromatic nitrogens is 5. The second-order valence-corrected chi connectivity index (χ2v) is 9.84. The van der Waals surface area contributed by atoms with Crippen molar-refractivity contribution in [3.63, 3.8) is 0 Å². The molecule has 0 N–H and O–H groups in total. The van der Waals surface area contributed by atoms with E-state index in [1.165, 1.54) is 10.7 Å². The second-order valence-electron chi connectivity index (χ2n) is 9.46. The number of halogens is 3. The molecule has 1 aliphatic heterocycles. The van der Waals surface area contributed by atoms with E-state index in [0.29, 0.717) is 30.2 Å². The molecule has 35 heavy (non-hydrogen) atoms. The molecule has 0 spiro atoms. The van der Waals surface area contributed by atoms with Gasteiger partial charge in [0, 0.05) is 64.3 Å². The van der Waals surface area contributed by atoms with Crippen molar-refractivity contribution in [1.29, 1.82) is 0 Å². The maximum Gasteiger partial charge on any atom is 0.304 e. The van der Waals surface area contributed by atoms with Gasteiger partial charge >= 0.3 is 5.92 Å². The third-order valence-electron chi connectivity index (χ3n) is 6.68. The fourth-order valence-corrected chi connectivity index (χ4v) is 4.64. The molecule has 0 radical (unpaired) electrons. The predicted octanol–water partition coefficient (Wildman–Crippen LogP) is 3.67. The van der Waals surface area contributed by atoms with E-state index in [-0.39, 0.29) is 29.1 Å². The highest BCUT2D eigenvalue weighted by Gasteiger charge is 2.34. The fourth-order valence-electron chi connectivity index (χ4n) is 4.49. The first-order valence-corrected chi connectivity index (χ1v) is 11.9. The number of anilines is 1. The first kappa shape index (κ1) is 24.1. The summed E-state index contributed by atoms with van der Waals surface area (Å²) in [7, 11) is 5.75. The van der Waals surface area contributed by atoms with Crippen molar-refractivity contribution in [2.75, 3.05) is 39.2 Å². The number of likely N-dealkylation sites (N-methyl/N-ethyl adjacent to an activating group) is 1. The van der Waals surface area contributed by atoms with Crippen LogP contribution in [0.25, 0.3) is 16.7 Å². The van der Waals surface area contributed by atoms with Crippen molar-refractivity contribution in [2.45, 2.75) is 50.4 Å². The van der Waals surface area contributed by atoms with Crippen LogP contribution in [0.2, 0.25) is 5.15 Å². The first-order chi connectivity index (χ1) is 16.6. The van der Waals surface area contributed by atoms with Crippen LogP contribution in [0.15, 0.2) is 18.3 Å². The van der Waals surface area contributed by atoms with Gasteiger partial charge in [0.05, 0.1) is 17.0 Å². The van der Waals surface area contributed by atoms with Crippen LogP contribution in [0.3, 0.4) is 0 Å². The Hall–Kier alpha value is -2.63. The molecule has 5 rings (SSSR count). The minimum Gasteiger partial charge on any atom is -0.474 e. The van der Waals surface area contributed by atoms with Gasteiger partial charge in [-0.1, -0.05) is 11.6 Å². The lowest BCUT2D eigenvalue weighted by Gasteiger charge is -2.33. The van der Waals surface area contributed by atoms with E-state index in [1.807, 2.05) is 0 Å². The second kappa shape index (κ2) is 9.11. The molecular weight excluding hydrogens is 480 g/mol. The number of hydrogen-bond donors (Lipinski definition) is 0. The molecule has 2 fully saturated rings. The van der Waals surface area contributed by atoms with Crippen molar-refractivity contribution in [3.05, 3.63) is 29.3 Å². The van der Waals surface area contributed by atoms with Crippen LogP contribution in [-0.2, 0) is 10.7 Å². The van der Waals surface area contributed by atoms with Gasteiger partial charge in [0.25, 0.3) is 0 Å². The van der Waals surface area contributed by atoms with E-state index < -0.39 is 11.7 Å². The van der Waals surface area contributed by atoms with Crippen molar-refractivity contribution < 1.29 is 18.3 Å². The smallest absolute Gasteiger partial charge is 0.304 e. The Kier molecular flexibility index (Phi) is 6.27. The summed E-state index contributed by atoms with van der Waals surface area (Å²) >= 11 is 6.21. The molecule has 1 saturated carbocycles. The normalized spacial score (nSPS) is 22.7. The maximum atomic E-state index is 14.4. The quantitative estimate of drug-likeness (QED) is 0.448. The zero-order valence-corrected chi connectivity index (χ0v) is 20.8. The van der Waals surface area contributed by atoms with E-state index in [9.17, 15) is 8.78 Å². The Morgan fingerprint density at radius 1 is 1.17 bits per heavy atom. The Labute approximate surface area is 207 Å². The van der Waals surface area contributed by atoms with Crippen molar-refractivity contribution in [2.24, 2.45) is 0 Å². The third kappa shape index (κ3) is 4.76. The summed E-state index contributed by atoms with van der Waals surface area (Å²) in [5.74, 6) is -2.93. The number of alkyl halides is 2. The van der Waals surface area contributed by atoms with E-state index in [1.54, 1.807) is 19.4 Å². The molecule has 0 bridgehead atoms. The highest BCUT2D eigenvalue weighted by Crippen LogP contribution is 2.34. The van der Waals surface area contributed by atoms with Crippen molar-refractivity contribution >= 4 is 28.3 Å². The van der Waals surface area contributed by atoms with E-state index in [2.05, 4.69) is 38.8 Å². The number of methoxy groups -OCH3 is 1.